The lowest BCUT2D eigenvalue weighted by Gasteiger charge is -2.23. The van der Waals surface area contributed by atoms with Gasteiger partial charge in [-0.2, -0.15) is 0 Å². The highest BCUT2D eigenvalue weighted by Crippen LogP contribution is 2.42. The second kappa shape index (κ2) is 9.89. The van der Waals surface area contributed by atoms with E-state index in [2.05, 4.69) is 0 Å². The second-order valence-electron chi connectivity index (χ2n) is 8.33. The highest BCUT2D eigenvalue weighted by Gasteiger charge is 2.29. The normalized spacial score (nSPS) is 16.9. The van der Waals surface area contributed by atoms with Crippen molar-refractivity contribution < 1.29 is 24.0 Å². The number of benzene rings is 3. The molecular formula is C26H22N2O6S. The first-order valence-electron chi connectivity index (χ1n) is 11.2. The van der Waals surface area contributed by atoms with E-state index in [-0.39, 0.29) is 30.9 Å². The fourth-order valence-corrected chi connectivity index (χ4v) is 5.24. The lowest BCUT2D eigenvalue weighted by atomic mass is 10.1. The predicted octanol–water partition coefficient (Wildman–Crippen LogP) is 5.24. The van der Waals surface area contributed by atoms with Crippen LogP contribution in [0.1, 0.15) is 39.1 Å². The molecule has 0 aromatic heterocycles. The molecule has 0 saturated carbocycles. The first-order chi connectivity index (χ1) is 17.0. The maximum absolute atomic E-state index is 13.6. The Hall–Kier alpha value is -3.69. The van der Waals surface area contributed by atoms with Gasteiger partial charge in [-0.1, -0.05) is 36.0 Å². The Morgan fingerprint density at radius 2 is 1.97 bits per heavy atom. The van der Waals surface area contributed by atoms with Gasteiger partial charge in [0.25, 0.3) is 11.6 Å². The molecule has 0 unspecified atom stereocenters. The third-order valence-corrected chi connectivity index (χ3v) is 7.10. The summed E-state index contributed by atoms with van der Waals surface area (Å²) in [5.74, 6) is -0.735. The predicted molar refractivity (Wildman–Crippen MR) is 130 cm³/mol. The molecule has 1 amide bonds. The summed E-state index contributed by atoms with van der Waals surface area (Å²) in [4.78, 5) is 40.4. The molecule has 0 N–H and O–H groups in total. The van der Waals surface area contributed by atoms with Gasteiger partial charge in [0.05, 0.1) is 34.4 Å². The molecule has 0 aliphatic carbocycles. The molecule has 3 aromatic carbocycles. The van der Waals surface area contributed by atoms with E-state index in [1.807, 2.05) is 12.1 Å². The molecule has 5 rings (SSSR count). The van der Waals surface area contributed by atoms with Gasteiger partial charge in [-0.05, 0) is 48.7 Å². The molecule has 1 atom stereocenters. The molecule has 0 bridgehead atoms. The van der Waals surface area contributed by atoms with Crippen LogP contribution in [0.4, 0.5) is 11.4 Å². The number of carbonyl (C=O) groups excluding carboxylic acids is 2. The molecule has 8 nitrogen and oxygen atoms in total. The molecule has 2 aliphatic rings. The number of carbonyl (C=O) groups is 2. The average molecular weight is 491 g/mol. The van der Waals surface area contributed by atoms with Crippen LogP contribution in [0.5, 0.6) is 0 Å². The summed E-state index contributed by atoms with van der Waals surface area (Å²) >= 11 is 1.44. The number of nitro benzene ring substituents is 1. The summed E-state index contributed by atoms with van der Waals surface area (Å²) in [6.07, 6.45) is 1.72. The minimum Gasteiger partial charge on any atom is -0.459 e. The van der Waals surface area contributed by atoms with Crippen LogP contribution in [0, 0.1) is 10.1 Å². The second-order valence-corrected chi connectivity index (χ2v) is 9.42. The Bertz CT molecular complexity index is 1300. The smallest absolute Gasteiger partial charge is 0.338 e. The molecule has 0 spiro atoms. The highest BCUT2D eigenvalue weighted by molar-refractivity contribution is 7.99. The first kappa shape index (κ1) is 23.1. The van der Waals surface area contributed by atoms with E-state index in [1.54, 1.807) is 47.4 Å². The van der Waals surface area contributed by atoms with Crippen molar-refractivity contribution in [2.75, 3.05) is 18.1 Å². The first-order valence-corrected chi connectivity index (χ1v) is 12.1. The van der Waals surface area contributed by atoms with Crippen molar-refractivity contribution in [2.45, 2.75) is 35.3 Å². The molecule has 0 radical (unpaired) electrons. The maximum Gasteiger partial charge on any atom is 0.338 e. The van der Waals surface area contributed by atoms with Crippen molar-refractivity contribution in [3.63, 3.8) is 0 Å². The van der Waals surface area contributed by atoms with Gasteiger partial charge in [-0.25, -0.2) is 4.79 Å². The quantitative estimate of drug-likeness (QED) is 0.265. The molecular weight excluding hydrogens is 468 g/mol. The molecule has 178 valence electrons. The standard InChI is InChI=1S/C26H22N2O6S/c29-25-21-8-1-2-9-23(21)35-24-11-10-18(26(30)34-16-20-7-4-12-33-20)14-22(24)27(25)15-17-5-3-6-19(13-17)28(31)32/h1-3,5-6,8-11,13-14,20H,4,7,12,15-16H2/t20-/m1/s1. The summed E-state index contributed by atoms with van der Waals surface area (Å²) in [7, 11) is 0. The van der Waals surface area contributed by atoms with Gasteiger partial charge in [0, 0.05) is 28.5 Å². The van der Waals surface area contributed by atoms with Crippen LogP contribution in [0.15, 0.2) is 76.5 Å². The van der Waals surface area contributed by atoms with E-state index in [0.717, 1.165) is 22.6 Å². The third kappa shape index (κ3) is 4.91. The summed E-state index contributed by atoms with van der Waals surface area (Å²) in [5.41, 5.74) is 1.96. The van der Waals surface area contributed by atoms with Crippen molar-refractivity contribution in [3.05, 3.63) is 93.5 Å². The third-order valence-electron chi connectivity index (χ3n) is 5.95. The van der Waals surface area contributed by atoms with Crippen LogP contribution >= 0.6 is 11.8 Å². The number of rotatable bonds is 6. The van der Waals surface area contributed by atoms with Crippen molar-refractivity contribution in [2.24, 2.45) is 0 Å². The maximum atomic E-state index is 13.6. The fraction of sp³-hybridized carbons (Fsp3) is 0.231. The number of anilines is 1. The van der Waals surface area contributed by atoms with Crippen LogP contribution in [-0.4, -0.2) is 36.1 Å². The van der Waals surface area contributed by atoms with Crippen LogP contribution < -0.4 is 4.90 Å². The van der Waals surface area contributed by atoms with Crippen LogP contribution in [0.3, 0.4) is 0 Å². The molecule has 1 fully saturated rings. The van der Waals surface area contributed by atoms with Crippen molar-refractivity contribution in [3.8, 4) is 0 Å². The van der Waals surface area contributed by atoms with Gasteiger partial charge in [0.1, 0.15) is 6.61 Å². The number of hydrogen-bond donors (Lipinski definition) is 0. The topological polar surface area (TPSA) is 99.0 Å². The summed E-state index contributed by atoms with van der Waals surface area (Å²) in [6.45, 7) is 0.969. The van der Waals surface area contributed by atoms with Crippen molar-refractivity contribution >= 4 is 35.0 Å². The van der Waals surface area contributed by atoms with E-state index in [4.69, 9.17) is 9.47 Å². The molecule has 3 aromatic rings. The minimum atomic E-state index is -0.488. The molecule has 35 heavy (non-hydrogen) atoms. The van der Waals surface area contributed by atoms with Crippen molar-refractivity contribution in [1.29, 1.82) is 0 Å². The molecule has 2 aliphatic heterocycles. The molecule has 9 heteroatoms. The van der Waals surface area contributed by atoms with Crippen LogP contribution in [0.25, 0.3) is 0 Å². The van der Waals surface area contributed by atoms with E-state index in [1.165, 1.54) is 23.9 Å². The number of amides is 1. The minimum absolute atomic E-state index is 0.0498. The van der Waals surface area contributed by atoms with Crippen LogP contribution in [0.2, 0.25) is 0 Å². The number of esters is 1. The fourth-order valence-electron chi connectivity index (χ4n) is 4.18. The Kier molecular flexibility index (Phi) is 6.52. The number of non-ortho nitro benzene ring substituents is 1. The Balaban J connectivity index is 1.50. The van der Waals surface area contributed by atoms with Gasteiger partial charge in [-0.3, -0.25) is 14.9 Å². The van der Waals surface area contributed by atoms with Gasteiger partial charge < -0.3 is 14.4 Å². The van der Waals surface area contributed by atoms with Gasteiger partial charge in [0.15, 0.2) is 0 Å². The summed E-state index contributed by atoms with van der Waals surface area (Å²) in [6, 6.07) is 18.6. The monoisotopic (exact) mass is 490 g/mol. The lowest BCUT2D eigenvalue weighted by Crippen LogP contribution is -2.30. The number of fused-ring (bicyclic) bond motifs is 2. The largest absolute Gasteiger partial charge is 0.459 e. The SMILES string of the molecule is O=C(OC[C@H]1CCCO1)c1ccc2c(c1)N(Cc1cccc([N+](=O)[O-])c1)C(=O)c1ccccc1S2. The van der Waals surface area contributed by atoms with Gasteiger partial charge in [-0.15, -0.1) is 0 Å². The van der Waals surface area contributed by atoms with Crippen molar-refractivity contribution in [1.82, 2.24) is 0 Å². The van der Waals surface area contributed by atoms with Gasteiger partial charge >= 0.3 is 5.97 Å². The Morgan fingerprint density at radius 1 is 1.11 bits per heavy atom. The van der Waals surface area contributed by atoms with E-state index in [0.29, 0.717) is 29.0 Å². The average Bonchev–Trinajstić information content (AvgIpc) is 3.36. The number of ether oxygens (including phenoxy) is 2. The summed E-state index contributed by atoms with van der Waals surface area (Å²) in [5, 5.41) is 11.3. The molecule has 1 saturated heterocycles. The number of nitro groups is 1. The Labute approximate surface area is 206 Å². The highest BCUT2D eigenvalue weighted by atomic mass is 32.2. The zero-order chi connectivity index (χ0) is 24.4. The zero-order valence-corrected chi connectivity index (χ0v) is 19.5. The lowest BCUT2D eigenvalue weighted by molar-refractivity contribution is -0.384. The summed E-state index contributed by atoms with van der Waals surface area (Å²) < 4.78 is 11.0. The van der Waals surface area contributed by atoms with Gasteiger partial charge in [0.2, 0.25) is 0 Å². The molecule has 2 heterocycles. The Morgan fingerprint density at radius 3 is 2.77 bits per heavy atom. The number of hydrogen-bond acceptors (Lipinski definition) is 7. The van der Waals surface area contributed by atoms with E-state index >= 15 is 0 Å². The number of nitrogens with zero attached hydrogens (tertiary/aromatic N) is 2. The zero-order valence-electron chi connectivity index (χ0n) is 18.7. The van der Waals surface area contributed by atoms with E-state index in [9.17, 15) is 19.7 Å². The van der Waals surface area contributed by atoms with Crippen LogP contribution in [-0.2, 0) is 16.0 Å². The van der Waals surface area contributed by atoms with E-state index < -0.39 is 10.9 Å².